The van der Waals surface area contributed by atoms with Gasteiger partial charge in [0.1, 0.15) is 5.82 Å². The van der Waals surface area contributed by atoms with Crippen molar-refractivity contribution in [2.24, 2.45) is 0 Å². The molecule has 0 fully saturated rings. The van der Waals surface area contributed by atoms with Gasteiger partial charge < -0.3 is 4.42 Å². The Labute approximate surface area is 88.1 Å². The van der Waals surface area contributed by atoms with E-state index in [0.29, 0.717) is 22.7 Å². The van der Waals surface area contributed by atoms with Crippen molar-refractivity contribution in [1.29, 1.82) is 0 Å². The fourth-order valence-corrected chi connectivity index (χ4v) is 1.24. The van der Waals surface area contributed by atoms with E-state index in [1.54, 1.807) is 12.1 Å². The molecule has 1 heterocycles. The highest BCUT2D eigenvalue weighted by molar-refractivity contribution is 9.08. The quantitative estimate of drug-likeness (QED) is 0.776. The van der Waals surface area contributed by atoms with Crippen LogP contribution in [0.3, 0.4) is 0 Å². The highest BCUT2D eigenvalue weighted by Gasteiger charge is 2.06. The van der Waals surface area contributed by atoms with Gasteiger partial charge in [0.05, 0.1) is 5.33 Å². The van der Waals surface area contributed by atoms with Crippen LogP contribution in [0.5, 0.6) is 0 Å². The molecular formula is C9H6BrFN2O. The van der Waals surface area contributed by atoms with Gasteiger partial charge in [-0.1, -0.05) is 15.9 Å². The van der Waals surface area contributed by atoms with E-state index in [1.165, 1.54) is 12.1 Å². The number of alkyl halides is 1. The van der Waals surface area contributed by atoms with E-state index in [4.69, 9.17) is 4.42 Å². The monoisotopic (exact) mass is 256 g/mol. The van der Waals surface area contributed by atoms with Crippen molar-refractivity contribution in [2.45, 2.75) is 5.33 Å². The molecular weight excluding hydrogens is 251 g/mol. The molecule has 2 rings (SSSR count). The third-order valence-corrected chi connectivity index (χ3v) is 2.15. The zero-order valence-electron chi connectivity index (χ0n) is 7.08. The first-order valence-electron chi connectivity index (χ1n) is 3.94. The Morgan fingerprint density at radius 1 is 1.21 bits per heavy atom. The summed E-state index contributed by atoms with van der Waals surface area (Å²) in [5, 5.41) is 8.11. The molecule has 0 spiro atoms. The topological polar surface area (TPSA) is 38.9 Å². The predicted octanol–water partition coefficient (Wildman–Crippen LogP) is 2.77. The second-order valence-electron chi connectivity index (χ2n) is 2.64. The molecule has 0 saturated heterocycles. The zero-order chi connectivity index (χ0) is 9.97. The second kappa shape index (κ2) is 3.88. The van der Waals surface area contributed by atoms with E-state index in [2.05, 4.69) is 26.1 Å². The summed E-state index contributed by atoms with van der Waals surface area (Å²) in [7, 11) is 0. The maximum absolute atomic E-state index is 12.6. The van der Waals surface area contributed by atoms with Crippen molar-refractivity contribution in [1.82, 2.24) is 10.2 Å². The average Bonchev–Trinajstić information content (AvgIpc) is 2.67. The lowest BCUT2D eigenvalue weighted by atomic mass is 10.2. The molecule has 0 saturated carbocycles. The number of hydrogen-bond acceptors (Lipinski definition) is 3. The highest BCUT2D eigenvalue weighted by atomic mass is 79.9. The van der Waals surface area contributed by atoms with Gasteiger partial charge in [0.25, 0.3) is 0 Å². The summed E-state index contributed by atoms with van der Waals surface area (Å²) >= 11 is 3.20. The fourth-order valence-electron chi connectivity index (χ4n) is 1.02. The van der Waals surface area contributed by atoms with Gasteiger partial charge in [0, 0.05) is 5.56 Å². The number of nitrogens with zero attached hydrogens (tertiary/aromatic N) is 2. The van der Waals surface area contributed by atoms with Gasteiger partial charge >= 0.3 is 0 Å². The summed E-state index contributed by atoms with van der Waals surface area (Å²) in [5.41, 5.74) is 0.714. The maximum Gasteiger partial charge on any atom is 0.247 e. The minimum Gasteiger partial charge on any atom is -0.420 e. The minimum absolute atomic E-state index is 0.283. The molecule has 0 atom stereocenters. The number of aromatic nitrogens is 2. The Morgan fingerprint density at radius 3 is 2.50 bits per heavy atom. The van der Waals surface area contributed by atoms with Crippen molar-refractivity contribution in [3.8, 4) is 11.5 Å². The molecule has 0 bridgehead atoms. The summed E-state index contributed by atoms with van der Waals surface area (Å²) in [5.74, 6) is 0.623. The van der Waals surface area contributed by atoms with Gasteiger partial charge in [-0.3, -0.25) is 0 Å². The number of halogens is 2. The summed E-state index contributed by atoms with van der Waals surface area (Å²) in [6.45, 7) is 0. The van der Waals surface area contributed by atoms with Gasteiger partial charge in [-0.05, 0) is 24.3 Å². The third kappa shape index (κ3) is 1.82. The van der Waals surface area contributed by atoms with Crippen LogP contribution in [-0.4, -0.2) is 10.2 Å². The minimum atomic E-state index is -0.283. The van der Waals surface area contributed by atoms with Gasteiger partial charge in [0.2, 0.25) is 11.8 Å². The lowest BCUT2D eigenvalue weighted by molar-refractivity contribution is 0.529. The summed E-state index contributed by atoms with van der Waals surface area (Å²) in [6.07, 6.45) is 0. The van der Waals surface area contributed by atoms with Crippen LogP contribution in [0, 0.1) is 5.82 Å². The molecule has 0 aliphatic carbocycles. The summed E-state index contributed by atoms with van der Waals surface area (Å²) in [4.78, 5) is 0. The van der Waals surface area contributed by atoms with Crippen LogP contribution < -0.4 is 0 Å². The Kier molecular flexibility index (Phi) is 2.58. The molecule has 2 aromatic rings. The Hall–Kier alpha value is -1.23. The summed E-state index contributed by atoms with van der Waals surface area (Å²) < 4.78 is 17.9. The van der Waals surface area contributed by atoms with E-state index in [-0.39, 0.29) is 5.82 Å². The first kappa shape index (κ1) is 9.33. The smallest absolute Gasteiger partial charge is 0.247 e. The molecule has 0 aliphatic rings. The largest absolute Gasteiger partial charge is 0.420 e. The average molecular weight is 257 g/mol. The second-order valence-corrected chi connectivity index (χ2v) is 3.20. The molecule has 3 nitrogen and oxygen atoms in total. The Morgan fingerprint density at radius 2 is 1.93 bits per heavy atom. The SMILES string of the molecule is Fc1ccc(-c2nnc(CBr)o2)cc1. The summed E-state index contributed by atoms with van der Waals surface area (Å²) in [6, 6.07) is 5.91. The predicted molar refractivity (Wildman–Crippen MR) is 52.3 cm³/mol. The lowest BCUT2D eigenvalue weighted by Crippen LogP contribution is -1.78. The van der Waals surface area contributed by atoms with Crippen molar-refractivity contribution >= 4 is 15.9 Å². The highest BCUT2D eigenvalue weighted by Crippen LogP contribution is 2.18. The van der Waals surface area contributed by atoms with Gasteiger partial charge in [-0.2, -0.15) is 0 Å². The van der Waals surface area contributed by atoms with E-state index in [0.717, 1.165) is 0 Å². The van der Waals surface area contributed by atoms with Crippen molar-refractivity contribution in [3.05, 3.63) is 36.0 Å². The van der Waals surface area contributed by atoms with Crippen molar-refractivity contribution in [3.63, 3.8) is 0 Å². The molecule has 1 aromatic carbocycles. The fraction of sp³-hybridized carbons (Fsp3) is 0.111. The van der Waals surface area contributed by atoms with Crippen LogP contribution in [0.1, 0.15) is 5.89 Å². The Bertz CT molecular complexity index is 427. The zero-order valence-corrected chi connectivity index (χ0v) is 8.66. The van der Waals surface area contributed by atoms with Crippen LogP contribution >= 0.6 is 15.9 Å². The molecule has 5 heteroatoms. The van der Waals surface area contributed by atoms with E-state index < -0.39 is 0 Å². The van der Waals surface area contributed by atoms with Crippen LogP contribution in [0.4, 0.5) is 4.39 Å². The molecule has 0 radical (unpaired) electrons. The van der Waals surface area contributed by atoms with Crippen molar-refractivity contribution < 1.29 is 8.81 Å². The standard InChI is InChI=1S/C9H6BrFN2O/c10-5-8-12-13-9(14-8)6-1-3-7(11)4-2-6/h1-4H,5H2. The Balaban J connectivity index is 2.34. The maximum atomic E-state index is 12.6. The van der Waals surface area contributed by atoms with Crippen LogP contribution in [-0.2, 0) is 5.33 Å². The van der Waals surface area contributed by atoms with Crippen molar-refractivity contribution in [2.75, 3.05) is 0 Å². The number of rotatable bonds is 2. The molecule has 72 valence electrons. The van der Waals surface area contributed by atoms with Crippen LogP contribution in [0.2, 0.25) is 0 Å². The van der Waals surface area contributed by atoms with Crippen LogP contribution in [0.25, 0.3) is 11.5 Å². The molecule has 0 N–H and O–H groups in total. The molecule has 0 unspecified atom stereocenters. The molecule has 0 amide bonds. The van der Waals surface area contributed by atoms with Gasteiger partial charge in [-0.15, -0.1) is 10.2 Å². The van der Waals surface area contributed by atoms with E-state index in [9.17, 15) is 4.39 Å². The first-order valence-corrected chi connectivity index (χ1v) is 5.06. The van der Waals surface area contributed by atoms with Gasteiger partial charge in [-0.25, -0.2) is 4.39 Å². The number of benzene rings is 1. The third-order valence-electron chi connectivity index (χ3n) is 1.67. The number of hydrogen-bond donors (Lipinski definition) is 0. The molecule has 0 aliphatic heterocycles. The van der Waals surface area contributed by atoms with E-state index >= 15 is 0 Å². The normalized spacial score (nSPS) is 10.4. The molecule has 14 heavy (non-hydrogen) atoms. The molecule has 1 aromatic heterocycles. The van der Waals surface area contributed by atoms with Gasteiger partial charge in [0.15, 0.2) is 0 Å². The first-order chi connectivity index (χ1) is 6.79. The lowest BCUT2D eigenvalue weighted by Gasteiger charge is -1.92. The van der Waals surface area contributed by atoms with E-state index in [1.807, 2.05) is 0 Å². The van der Waals surface area contributed by atoms with Crippen LogP contribution in [0.15, 0.2) is 28.7 Å².